The number of nitrogens with one attached hydrogen (secondary N) is 1. The minimum Gasteiger partial charge on any atom is -0.343 e. The van der Waals surface area contributed by atoms with Crippen LogP contribution in [0.1, 0.15) is 16.7 Å². The zero-order valence-corrected chi connectivity index (χ0v) is 15.3. The van der Waals surface area contributed by atoms with Crippen LogP contribution in [-0.4, -0.2) is 4.57 Å². The molecule has 1 aromatic heterocycles. The fourth-order valence-corrected chi connectivity index (χ4v) is 3.55. The third kappa shape index (κ3) is 3.67. The fraction of sp³-hybridized carbons (Fsp3) is 0.130. The lowest BCUT2D eigenvalue weighted by molar-refractivity contribution is 0.692. The van der Waals surface area contributed by atoms with E-state index in [2.05, 4.69) is 76.7 Å². The molecular weight excluding hydrogens is 340 g/mol. The normalized spacial score (nSPS) is 11.1. The SMILES string of the molecule is Clc1ccccc1CNCc1cn(Cc2ccccc2)c2ccccc12. The van der Waals surface area contributed by atoms with Crippen LogP contribution in [0.4, 0.5) is 0 Å². The van der Waals surface area contributed by atoms with Gasteiger partial charge in [-0.05, 0) is 28.8 Å². The summed E-state index contributed by atoms with van der Waals surface area (Å²) in [7, 11) is 0. The maximum Gasteiger partial charge on any atom is 0.0486 e. The van der Waals surface area contributed by atoms with E-state index >= 15 is 0 Å². The van der Waals surface area contributed by atoms with Gasteiger partial charge in [-0.2, -0.15) is 0 Å². The average molecular weight is 361 g/mol. The summed E-state index contributed by atoms with van der Waals surface area (Å²) in [5, 5.41) is 5.64. The van der Waals surface area contributed by atoms with Crippen molar-refractivity contribution in [3.8, 4) is 0 Å². The topological polar surface area (TPSA) is 17.0 Å². The summed E-state index contributed by atoms with van der Waals surface area (Å²) >= 11 is 6.25. The van der Waals surface area contributed by atoms with Crippen molar-refractivity contribution in [1.82, 2.24) is 9.88 Å². The van der Waals surface area contributed by atoms with E-state index in [0.717, 1.165) is 30.2 Å². The van der Waals surface area contributed by atoms with Crippen LogP contribution in [0.5, 0.6) is 0 Å². The number of benzene rings is 3. The molecule has 4 aromatic rings. The third-order valence-corrected chi connectivity index (χ3v) is 5.02. The Morgan fingerprint density at radius 2 is 1.42 bits per heavy atom. The monoisotopic (exact) mass is 360 g/mol. The molecule has 0 unspecified atom stereocenters. The van der Waals surface area contributed by atoms with Gasteiger partial charge in [0.2, 0.25) is 0 Å². The van der Waals surface area contributed by atoms with Crippen LogP contribution in [0.3, 0.4) is 0 Å². The Morgan fingerprint density at radius 1 is 0.731 bits per heavy atom. The van der Waals surface area contributed by atoms with E-state index in [4.69, 9.17) is 11.6 Å². The summed E-state index contributed by atoms with van der Waals surface area (Å²) in [4.78, 5) is 0. The quantitative estimate of drug-likeness (QED) is 0.471. The van der Waals surface area contributed by atoms with Gasteiger partial charge in [0, 0.05) is 41.8 Å². The summed E-state index contributed by atoms with van der Waals surface area (Å²) in [5.74, 6) is 0. The Morgan fingerprint density at radius 3 is 2.27 bits per heavy atom. The zero-order valence-electron chi connectivity index (χ0n) is 14.5. The first-order valence-electron chi connectivity index (χ1n) is 8.86. The number of rotatable bonds is 6. The molecule has 0 aliphatic carbocycles. The minimum atomic E-state index is 0.762. The van der Waals surface area contributed by atoms with Gasteiger partial charge in [-0.25, -0.2) is 0 Å². The van der Waals surface area contributed by atoms with Crippen molar-refractivity contribution < 1.29 is 0 Å². The van der Waals surface area contributed by atoms with Gasteiger partial charge in [-0.15, -0.1) is 0 Å². The summed E-state index contributed by atoms with van der Waals surface area (Å²) < 4.78 is 2.33. The molecule has 130 valence electrons. The van der Waals surface area contributed by atoms with Crippen LogP contribution in [-0.2, 0) is 19.6 Å². The van der Waals surface area contributed by atoms with E-state index in [0.29, 0.717) is 0 Å². The van der Waals surface area contributed by atoms with Crippen molar-refractivity contribution in [2.45, 2.75) is 19.6 Å². The number of aromatic nitrogens is 1. The molecule has 0 atom stereocenters. The van der Waals surface area contributed by atoms with Crippen LogP contribution in [0.25, 0.3) is 10.9 Å². The van der Waals surface area contributed by atoms with Gasteiger partial charge in [0.25, 0.3) is 0 Å². The number of hydrogen-bond donors (Lipinski definition) is 1. The molecule has 0 bridgehead atoms. The molecule has 0 radical (unpaired) electrons. The van der Waals surface area contributed by atoms with Crippen LogP contribution >= 0.6 is 11.6 Å². The molecule has 0 fully saturated rings. The molecule has 0 saturated heterocycles. The Kier molecular flexibility index (Phi) is 5.05. The molecule has 1 heterocycles. The molecule has 0 saturated carbocycles. The highest BCUT2D eigenvalue weighted by molar-refractivity contribution is 6.31. The number of fused-ring (bicyclic) bond motifs is 1. The zero-order chi connectivity index (χ0) is 17.8. The van der Waals surface area contributed by atoms with Gasteiger partial charge in [0.1, 0.15) is 0 Å². The first-order valence-corrected chi connectivity index (χ1v) is 9.24. The first-order chi connectivity index (χ1) is 12.8. The van der Waals surface area contributed by atoms with Crippen molar-refractivity contribution in [2.75, 3.05) is 0 Å². The molecule has 0 amide bonds. The summed E-state index contributed by atoms with van der Waals surface area (Å²) in [6.07, 6.45) is 2.26. The second-order valence-electron chi connectivity index (χ2n) is 6.48. The van der Waals surface area contributed by atoms with Gasteiger partial charge < -0.3 is 9.88 Å². The fourth-order valence-electron chi connectivity index (χ4n) is 3.35. The van der Waals surface area contributed by atoms with E-state index in [1.807, 2.05) is 18.2 Å². The number of nitrogens with zero attached hydrogens (tertiary/aromatic N) is 1. The lowest BCUT2D eigenvalue weighted by atomic mass is 10.1. The molecule has 26 heavy (non-hydrogen) atoms. The summed E-state index contributed by atoms with van der Waals surface area (Å²) in [6, 6.07) is 27.2. The van der Waals surface area contributed by atoms with E-state index in [1.165, 1.54) is 22.0 Å². The highest BCUT2D eigenvalue weighted by atomic mass is 35.5. The van der Waals surface area contributed by atoms with E-state index < -0.39 is 0 Å². The molecule has 0 aliphatic rings. The molecule has 1 N–H and O–H groups in total. The van der Waals surface area contributed by atoms with Crippen molar-refractivity contribution >= 4 is 22.5 Å². The maximum atomic E-state index is 6.25. The van der Waals surface area contributed by atoms with Crippen LogP contribution in [0, 0.1) is 0 Å². The smallest absolute Gasteiger partial charge is 0.0486 e. The largest absolute Gasteiger partial charge is 0.343 e. The molecule has 2 nitrogen and oxygen atoms in total. The summed E-state index contributed by atoms with van der Waals surface area (Å²) in [6.45, 7) is 2.46. The second-order valence-corrected chi connectivity index (χ2v) is 6.89. The first kappa shape index (κ1) is 16.9. The van der Waals surface area contributed by atoms with Gasteiger partial charge in [-0.1, -0.05) is 78.3 Å². The number of hydrogen-bond acceptors (Lipinski definition) is 1. The standard InChI is InChI=1S/C23H21ClN2/c24-22-12-6-4-10-19(22)14-25-15-20-17-26(16-18-8-2-1-3-9-18)23-13-7-5-11-21(20)23/h1-13,17,25H,14-16H2. The Bertz CT molecular complexity index is 1010. The van der Waals surface area contributed by atoms with Crippen LogP contribution in [0.15, 0.2) is 85.1 Å². The maximum absolute atomic E-state index is 6.25. The highest BCUT2D eigenvalue weighted by Crippen LogP contribution is 2.23. The predicted molar refractivity (Wildman–Crippen MR) is 109 cm³/mol. The van der Waals surface area contributed by atoms with E-state index in [9.17, 15) is 0 Å². The lowest BCUT2D eigenvalue weighted by Gasteiger charge is -2.06. The highest BCUT2D eigenvalue weighted by Gasteiger charge is 2.08. The average Bonchev–Trinajstić information content (AvgIpc) is 3.02. The lowest BCUT2D eigenvalue weighted by Crippen LogP contribution is -2.12. The Hall–Kier alpha value is -2.55. The molecule has 0 aliphatic heterocycles. The van der Waals surface area contributed by atoms with Crippen molar-refractivity contribution in [1.29, 1.82) is 0 Å². The number of para-hydroxylation sites is 1. The minimum absolute atomic E-state index is 0.762. The molecule has 3 heteroatoms. The number of halogens is 1. The van der Waals surface area contributed by atoms with Crippen LogP contribution in [0.2, 0.25) is 5.02 Å². The second kappa shape index (κ2) is 7.77. The molecule has 0 spiro atoms. The molecular formula is C23H21ClN2. The third-order valence-electron chi connectivity index (χ3n) is 4.66. The van der Waals surface area contributed by atoms with Crippen molar-refractivity contribution in [3.05, 3.63) is 107 Å². The van der Waals surface area contributed by atoms with E-state index in [-0.39, 0.29) is 0 Å². The van der Waals surface area contributed by atoms with Crippen molar-refractivity contribution in [2.24, 2.45) is 0 Å². The van der Waals surface area contributed by atoms with Gasteiger partial charge in [0.05, 0.1) is 0 Å². The molecule has 3 aromatic carbocycles. The summed E-state index contributed by atoms with van der Waals surface area (Å²) in [5.41, 5.74) is 5.01. The van der Waals surface area contributed by atoms with Gasteiger partial charge in [-0.3, -0.25) is 0 Å². The van der Waals surface area contributed by atoms with Crippen LogP contribution < -0.4 is 5.32 Å². The van der Waals surface area contributed by atoms with Crippen molar-refractivity contribution in [3.63, 3.8) is 0 Å². The molecule has 4 rings (SSSR count). The van der Waals surface area contributed by atoms with E-state index in [1.54, 1.807) is 0 Å². The Balaban J connectivity index is 1.54. The predicted octanol–water partition coefficient (Wildman–Crippen LogP) is 5.63. The van der Waals surface area contributed by atoms with Gasteiger partial charge in [0.15, 0.2) is 0 Å². The van der Waals surface area contributed by atoms with Gasteiger partial charge >= 0.3 is 0 Å². The Labute approximate surface area is 159 Å².